The first-order chi connectivity index (χ1) is 13.7. The van der Waals surface area contributed by atoms with Gasteiger partial charge in [-0.3, -0.25) is 4.79 Å². The minimum Gasteiger partial charge on any atom is -0.340 e. The number of amides is 1. The van der Waals surface area contributed by atoms with Crippen molar-refractivity contribution in [2.24, 2.45) is 5.92 Å². The molecule has 0 bridgehead atoms. The van der Waals surface area contributed by atoms with Gasteiger partial charge in [-0.05, 0) is 37.3 Å². The number of carbonyl (C=O) groups excluding carboxylic acids is 1. The predicted octanol–water partition coefficient (Wildman–Crippen LogP) is 3.73. The SMILES string of the molecule is CC(C)CS(=O)(=O)CCC(=O)N1CCCCC1c1ncc(-c2cccc(F)c2)[nH]1. The number of hydrogen-bond donors (Lipinski definition) is 1. The highest BCUT2D eigenvalue weighted by atomic mass is 32.2. The Morgan fingerprint density at radius 1 is 1.34 bits per heavy atom. The number of sulfone groups is 1. The average Bonchev–Trinajstić information content (AvgIpc) is 3.15. The van der Waals surface area contributed by atoms with Crippen molar-refractivity contribution >= 4 is 15.7 Å². The highest BCUT2D eigenvalue weighted by Crippen LogP contribution is 2.31. The van der Waals surface area contributed by atoms with Gasteiger partial charge >= 0.3 is 0 Å². The Bertz CT molecular complexity index is 956. The van der Waals surface area contributed by atoms with Crippen molar-refractivity contribution in [3.8, 4) is 11.3 Å². The number of aromatic amines is 1. The minimum absolute atomic E-state index is 0.0109. The first-order valence-electron chi connectivity index (χ1n) is 10.1. The largest absolute Gasteiger partial charge is 0.340 e. The fourth-order valence-corrected chi connectivity index (χ4v) is 5.47. The van der Waals surface area contributed by atoms with Gasteiger partial charge in [0.25, 0.3) is 0 Å². The molecule has 2 aromatic rings. The van der Waals surface area contributed by atoms with Crippen molar-refractivity contribution in [2.45, 2.75) is 45.6 Å². The maximum atomic E-state index is 13.5. The highest BCUT2D eigenvalue weighted by Gasteiger charge is 2.30. The van der Waals surface area contributed by atoms with Crippen molar-refractivity contribution < 1.29 is 17.6 Å². The quantitative estimate of drug-likeness (QED) is 0.738. The molecular weight excluding hydrogens is 393 g/mol. The van der Waals surface area contributed by atoms with Gasteiger partial charge in [-0.1, -0.05) is 26.0 Å². The molecule has 1 amide bonds. The van der Waals surface area contributed by atoms with Crippen LogP contribution in [0.4, 0.5) is 4.39 Å². The first kappa shape index (κ1) is 21.5. The molecule has 1 aromatic heterocycles. The summed E-state index contributed by atoms with van der Waals surface area (Å²) < 4.78 is 37.8. The van der Waals surface area contributed by atoms with Crippen LogP contribution in [-0.4, -0.2) is 47.2 Å². The van der Waals surface area contributed by atoms with Crippen LogP contribution in [0.5, 0.6) is 0 Å². The Kier molecular flexibility index (Phi) is 6.72. The molecule has 0 spiro atoms. The molecule has 158 valence electrons. The number of piperidine rings is 1. The molecule has 6 nitrogen and oxygen atoms in total. The second-order valence-corrected chi connectivity index (χ2v) is 10.3. The average molecular weight is 422 g/mol. The van der Waals surface area contributed by atoms with Crippen molar-refractivity contribution in [2.75, 3.05) is 18.1 Å². The number of nitrogens with one attached hydrogen (secondary N) is 1. The number of aromatic nitrogens is 2. The summed E-state index contributed by atoms with van der Waals surface area (Å²) in [5.74, 6) is 0.185. The lowest BCUT2D eigenvalue weighted by Crippen LogP contribution is -2.39. The van der Waals surface area contributed by atoms with E-state index < -0.39 is 9.84 Å². The van der Waals surface area contributed by atoms with E-state index in [4.69, 9.17) is 0 Å². The van der Waals surface area contributed by atoms with E-state index in [-0.39, 0.29) is 41.6 Å². The summed E-state index contributed by atoms with van der Waals surface area (Å²) in [6.45, 7) is 4.30. The predicted molar refractivity (Wildman–Crippen MR) is 110 cm³/mol. The molecule has 1 unspecified atom stereocenters. The van der Waals surface area contributed by atoms with Gasteiger partial charge in [-0.2, -0.15) is 0 Å². The molecule has 1 aromatic carbocycles. The topological polar surface area (TPSA) is 83.1 Å². The number of rotatable bonds is 7. The van der Waals surface area contributed by atoms with Crippen LogP contribution in [0.15, 0.2) is 30.5 Å². The molecule has 1 N–H and O–H groups in total. The molecule has 3 rings (SSSR count). The van der Waals surface area contributed by atoms with E-state index in [1.54, 1.807) is 23.2 Å². The van der Waals surface area contributed by atoms with Crippen molar-refractivity contribution in [1.29, 1.82) is 0 Å². The smallest absolute Gasteiger partial charge is 0.224 e. The van der Waals surface area contributed by atoms with Crippen LogP contribution >= 0.6 is 0 Å². The molecule has 8 heteroatoms. The minimum atomic E-state index is -3.24. The van der Waals surface area contributed by atoms with Crippen LogP contribution in [0.25, 0.3) is 11.3 Å². The Labute approximate surface area is 171 Å². The summed E-state index contributed by atoms with van der Waals surface area (Å²) in [5.41, 5.74) is 1.38. The van der Waals surface area contributed by atoms with Crippen LogP contribution in [0.3, 0.4) is 0 Å². The molecule has 0 saturated carbocycles. The van der Waals surface area contributed by atoms with Crippen molar-refractivity contribution in [3.63, 3.8) is 0 Å². The highest BCUT2D eigenvalue weighted by molar-refractivity contribution is 7.91. The molecule has 1 aliphatic heterocycles. The molecule has 1 atom stereocenters. The van der Waals surface area contributed by atoms with Crippen LogP contribution in [0.2, 0.25) is 0 Å². The van der Waals surface area contributed by atoms with Gasteiger partial charge in [-0.25, -0.2) is 17.8 Å². The third-order valence-corrected chi connectivity index (χ3v) is 7.08. The number of H-pyrrole nitrogens is 1. The Balaban J connectivity index is 1.72. The normalized spacial score (nSPS) is 17.7. The zero-order valence-electron chi connectivity index (χ0n) is 16.9. The van der Waals surface area contributed by atoms with E-state index in [0.717, 1.165) is 19.3 Å². The summed E-state index contributed by atoms with van der Waals surface area (Å²) in [7, 11) is -3.24. The maximum absolute atomic E-state index is 13.5. The fraction of sp³-hybridized carbons (Fsp3) is 0.524. The Morgan fingerprint density at radius 3 is 2.86 bits per heavy atom. The van der Waals surface area contributed by atoms with Crippen LogP contribution in [0.1, 0.15) is 51.4 Å². The number of halogens is 1. The lowest BCUT2D eigenvalue weighted by Gasteiger charge is -2.34. The number of carbonyl (C=O) groups is 1. The molecule has 29 heavy (non-hydrogen) atoms. The molecule has 2 heterocycles. The molecule has 1 fully saturated rings. The van der Waals surface area contributed by atoms with Gasteiger partial charge in [0.15, 0.2) is 9.84 Å². The standard InChI is InChI=1S/C21H28FN3O3S/c1-15(2)14-29(27,28)11-9-20(26)25-10-4-3-8-19(25)21-23-13-18(24-21)16-6-5-7-17(22)12-16/h5-7,12-13,15,19H,3-4,8-11,14H2,1-2H3,(H,23,24). The summed E-state index contributed by atoms with van der Waals surface area (Å²) >= 11 is 0. The van der Waals surface area contributed by atoms with Gasteiger partial charge < -0.3 is 9.88 Å². The van der Waals surface area contributed by atoms with E-state index in [0.29, 0.717) is 23.6 Å². The van der Waals surface area contributed by atoms with E-state index in [2.05, 4.69) is 9.97 Å². The Morgan fingerprint density at radius 2 is 2.14 bits per heavy atom. The molecule has 0 radical (unpaired) electrons. The van der Waals surface area contributed by atoms with E-state index >= 15 is 0 Å². The van der Waals surface area contributed by atoms with E-state index in [1.807, 2.05) is 13.8 Å². The molecular formula is C21H28FN3O3S. The second-order valence-electron chi connectivity index (χ2n) is 8.05. The van der Waals surface area contributed by atoms with E-state index in [9.17, 15) is 17.6 Å². The summed E-state index contributed by atoms with van der Waals surface area (Å²) in [6, 6.07) is 6.03. The number of imidazole rings is 1. The summed E-state index contributed by atoms with van der Waals surface area (Å²) in [4.78, 5) is 22.2. The molecule has 1 aliphatic rings. The maximum Gasteiger partial charge on any atom is 0.224 e. The van der Waals surface area contributed by atoms with Gasteiger partial charge in [0.1, 0.15) is 11.6 Å². The molecule has 0 aliphatic carbocycles. The van der Waals surface area contributed by atoms with Gasteiger partial charge in [-0.15, -0.1) is 0 Å². The van der Waals surface area contributed by atoms with Crippen molar-refractivity contribution in [3.05, 3.63) is 42.1 Å². The summed E-state index contributed by atoms with van der Waals surface area (Å²) in [5, 5.41) is 0. The van der Waals surface area contributed by atoms with Gasteiger partial charge in [0, 0.05) is 18.5 Å². The Hall–Kier alpha value is -2.22. The molecule has 1 saturated heterocycles. The number of nitrogens with zero attached hydrogens (tertiary/aromatic N) is 2. The monoisotopic (exact) mass is 421 g/mol. The zero-order valence-corrected chi connectivity index (χ0v) is 17.7. The van der Waals surface area contributed by atoms with Crippen LogP contribution < -0.4 is 0 Å². The lowest BCUT2D eigenvalue weighted by atomic mass is 10.0. The van der Waals surface area contributed by atoms with Crippen molar-refractivity contribution in [1.82, 2.24) is 14.9 Å². The van der Waals surface area contributed by atoms with Gasteiger partial charge in [0.05, 0.1) is 29.4 Å². The number of hydrogen-bond acceptors (Lipinski definition) is 4. The van der Waals surface area contributed by atoms with Crippen LogP contribution in [-0.2, 0) is 14.6 Å². The lowest BCUT2D eigenvalue weighted by molar-refractivity contribution is -0.134. The van der Waals surface area contributed by atoms with Crippen LogP contribution in [0, 0.1) is 11.7 Å². The summed E-state index contributed by atoms with van der Waals surface area (Å²) in [6.07, 6.45) is 4.26. The van der Waals surface area contributed by atoms with E-state index in [1.165, 1.54) is 12.1 Å². The fourth-order valence-electron chi connectivity index (χ4n) is 3.80. The first-order valence-corrected chi connectivity index (χ1v) is 11.9. The number of likely N-dealkylation sites (tertiary alicyclic amines) is 1. The third-order valence-electron chi connectivity index (χ3n) is 5.08. The third kappa shape index (κ3) is 5.65. The second kappa shape index (κ2) is 9.07. The zero-order chi connectivity index (χ0) is 21.0. The number of benzene rings is 1. The van der Waals surface area contributed by atoms with Gasteiger partial charge in [0.2, 0.25) is 5.91 Å².